The van der Waals surface area contributed by atoms with E-state index in [-0.39, 0.29) is 5.91 Å². The van der Waals surface area contributed by atoms with Crippen molar-refractivity contribution in [2.24, 2.45) is 0 Å². The standard InChI is InChI=1S/C22H22ClN3OS/c23-19-8-6-18(7-9-19)22-24-20(16-28-22)14-21(27)26-12-10-25(11-13-26)15-17-4-2-1-3-5-17/h1-9,16H,10-15H2. The van der Waals surface area contributed by atoms with Crippen molar-refractivity contribution in [1.29, 1.82) is 0 Å². The molecule has 0 unspecified atom stereocenters. The van der Waals surface area contributed by atoms with Crippen molar-refractivity contribution in [1.82, 2.24) is 14.8 Å². The van der Waals surface area contributed by atoms with Crippen LogP contribution in [0, 0.1) is 0 Å². The maximum Gasteiger partial charge on any atom is 0.228 e. The highest BCUT2D eigenvalue weighted by Crippen LogP contribution is 2.25. The molecule has 0 N–H and O–H groups in total. The van der Waals surface area contributed by atoms with Gasteiger partial charge in [0.2, 0.25) is 5.91 Å². The average Bonchev–Trinajstić information content (AvgIpc) is 3.18. The SMILES string of the molecule is O=C(Cc1csc(-c2ccc(Cl)cc2)n1)N1CCN(Cc2ccccc2)CC1. The molecule has 1 amide bonds. The van der Waals surface area contributed by atoms with E-state index in [1.54, 1.807) is 11.3 Å². The second-order valence-electron chi connectivity index (χ2n) is 6.97. The molecular formula is C22H22ClN3OS. The molecule has 3 aromatic rings. The van der Waals surface area contributed by atoms with Crippen molar-refractivity contribution in [2.45, 2.75) is 13.0 Å². The van der Waals surface area contributed by atoms with Crippen molar-refractivity contribution < 1.29 is 4.79 Å². The van der Waals surface area contributed by atoms with Gasteiger partial charge in [0.25, 0.3) is 0 Å². The molecule has 2 heterocycles. The van der Waals surface area contributed by atoms with Crippen LogP contribution in [-0.4, -0.2) is 46.9 Å². The van der Waals surface area contributed by atoms with Gasteiger partial charge in [0.15, 0.2) is 0 Å². The van der Waals surface area contributed by atoms with E-state index in [1.165, 1.54) is 5.56 Å². The third-order valence-corrected chi connectivity index (χ3v) is 6.14. The van der Waals surface area contributed by atoms with E-state index in [9.17, 15) is 4.79 Å². The molecule has 0 spiro atoms. The fourth-order valence-corrected chi connectivity index (χ4v) is 4.33. The lowest BCUT2D eigenvalue weighted by atomic mass is 10.2. The molecule has 1 aromatic heterocycles. The lowest BCUT2D eigenvalue weighted by Crippen LogP contribution is -2.48. The lowest BCUT2D eigenvalue weighted by Gasteiger charge is -2.34. The number of aromatic nitrogens is 1. The van der Waals surface area contributed by atoms with Crippen LogP contribution >= 0.6 is 22.9 Å². The summed E-state index contributed by atoms with van der Waals surface area (Å²) in [7, 11) is 0. The fourth-order valence-electron chi connectivity index (χ4n) is 3.38. The second-order valence-corrected chi connectivity index (χ2v) is 8.26. The number of rotatable bonds is 5. The largest absolute Gasteiger partial charge is 0.340 e. The summed E-state index contributed by atoms with van der Waals surface area (Å²) in [5.74, 6) is 0.160. The topological polar surface area (TPSA) is 36.4 Å². The van der Waals surface area contributed by atoms with Crippen LogP contribution in [0.25, 0.3) is 10.6 Å². The lowest BCUT2D eigenvalue weighted by molar-refractivity contribution is -0.132. The number of nitrogens with zero attached hydrogens (tertiary/aromatic N) is 3. The summed E-state index contributed by atoms with van der Waals surface area (Å²) in [4.78, 5) is 21.7. The molecule has 4 rings (SSSR count). The van der Waals surface area contributed by atoms with E-state index in [4.69, 9.17) is 11.6 Å². The first-order valence-electron chi connectivity index (χ1n) is 9.42. The summed E-state index contributed by atoms with van der Waals surface area (Å²) in [6.07, 6.45) is 0.364. The summed E-state index contributed by atoms with van der Waals surface area (Å²) in [6.45, 7) is 4.32. The molecule has 0 aliphatic carbocycles. The Balaban J connectivity index is 1.29. The Morgan fingerprint density at radius 1 is 1.00 bits per heavy atom. The Hall–Kier alpha value is -2.21. The molecule has 0 radical (unpaired) electrons. The highest BCUT2D eigenvalue weighted by molar-refractivity contribution is 7.13. The number of carbonyl (C=O) groups is 1. The third-order valence-electron chi connectivity index (χ3n) is 4.95. The predicted molar refractivity (Wildman–Crippen MR) is 115 cm³/mol. The summed E-state index contributed by atoms with van der Waals surface area (Å²) in [5, 5.41) is 3.61. The molecule has 28 heavy (non-hydrogen) atoms. The van der Waals surface area contributed by atoms with Crippen LogP contribution in [0.1, 0.15) is 11.3 Å². The zero-order valence-corrected chi connectivity index (χ0v) is 17.1. The smallest absolute Gasteiger partial charge is 0.228 e. The van der Waals surface area contributed by atoms with Gasteiger partial charge in [-0.3, -0.25) is 9.69 Å². The highest BCUT2D eigenvalue weighted by atomic mass is 35.5. The number of amides is 1. The molecule has 0 saturated carbocycles. The van der Waals surface area contributed by atoms with E-state index in [0.29, 0.717) is 11.4 Å². The number of piperazine rings is 1. The van der Waals surface area contributed by atoms with Gasteiger partial charge in [-0.1, -0.05) is 54.1 Å². The number of halogens is 1. The Labute approximate surface area is 174 Å². The Bertz CT molecular complexity index is 918. The molecule has 4 nitrogen and oxygen atoms in total. The first-order chi connectivity index (χ1) is 13.7. The molecular weight excluding hydrogens is 390 g/mol. The number of hydrogen-bond donors (Lipinski definition) is 0. The zero-order chi connectivity index (χ0) is 19.3. The Morgan fingerprint density at radius 3 is 2.43 bits per heavy atom. The normalized spacial score (nSPS) is 15.0. The van der Waals surface area contributed by atoms with Crippen molar-refractivity contribution in [2.75, 3.05) is 26.2 Å². The van der Waals surface area contributed by atoms with Crippen LogP contribution in [0.15, 0.2) is 60.0 Å². The van der Waals surface area contributed by atoms with Gasteiger partial charge in [0, 0.05) is 48.7 Å². The van der Waals surface area contributed by atoms with Gasteiger partial charge >= 0.3 is 0 Å². The minimum Gasteiger partial charge on any atom is -0.340 e. The van der Waals surface area contributed by atoms with Crippen LogP contribution in [-0.2, 0) is 17.8 Å². The molecule has 144 valence electrons. The van der Waals surface area contributed by atoms with Crippen LogP contribution in [0.3, 0.4) is 0 Å². The molecule has 1 aliphatic rings. The summed E-state index contributed by atoms with van der Waals surface area (Å²) >= 11 is 7.51. The van der Waals surface area contributed by atoms with E-state index >= 15 is 0 Å². The molecule has 1 fully saturated rings. The number of thiazole rings is 1. The van der Waals surface area contributed by atoms with E-state index in [2.05, 4.69) is 34.1 Å². The van der Waals surface area contributed by atoms with Gasteiger partial charge in [-0.05, 0) is 17.7 Å². The van der Waals surface area contributed by atoms with Crippen LogP contribution in [0.5, 0.6) is 0 Å². The molecule has 1 saturated heterocycles. The fraction of sp³-hybridized carbons (Fsp3) is 0.273. The Kier molecular flexibility index (Phi) is 6.05. The summed E-state index contributed by atoms with van der Waals surface area (Å²) in [5.41, 5.74) is 3.19. The summed E-state index contributed by atoms with van der Waals surface area (Å²) < 4.78 is 0. The maximum atomic E-state index is 12.7. The predicted octanol–water partition coefficient (Wildman–Crippen LogP) is 4.35. The average molecular weight is 412 g/mol. The van der Waals surface area contributed by atoms with Gasteiger partial charge in [0.1, 0.15) is 5.01 Å². The van der Waals surface area contributed by atoms with Gasteiger partial charge in [-0.25, -0.2) is 4.98 Å². The minimum atomic E-state index is 0.160. The molecule has 6 heteroatoms. The monoisotopic (exact) mass is 411 g/mol. The first-order valence-corrected chi connectivity index (χ1v) is 10.7. The highest BCUT2D eigenvalue weighted by Gasteiger charge is 2.22. The summed E-state index contributed by atoms with van der Waals surface area (Å²) in [6, 6.07) is 18.1. The van der Waals surface area contributed by atoms with E-state index < -0.39 is 0 Å². The molecule has 0 bridgehead atoms. The zero-order valence-electron chi connectivity index (χ0n) is 15.6. The van der Waals surface area contributed by atoms with Crippen molar-refractivity contribution in [3.05, 3.63) is 76.3 Å². The van der Waals surface area contributed by atoms with Gasteiger partial charge in [0.05, 0.1) is 12.1 Å². The van der Waals surface area contributed by atoms with Crippen molar-refractivity contribution in [3.8, 4) is 10.6 Å². The van der Waals surface area contributed by atoms with Gasteiger partial charge in [-0.2, -0.15) is 0 Å². The molecule has 0 atom stereocenters. The van der Waals surface area contributed by atoms with Crippen molar-refractivity contribution >= 4 is 28.8 Å². The minimum absolute atomic E-state index is 0.160. The van der Waals surface area contributed by atoms with Crippen LogP contribution in [0.4, 0.5) is 0 Å². The van der Waals surface area contributed by atoms with Gasteiger partial charge < -0.3 is 4.90 Å². The van der Waals surface area contributed by atoms with Crippen molar-refractivity contribution in [3.63, 3.8) is 0 Å². The van der Waals surface area contributed by atoms with E-state index in [1.807, 2.05) is 40.6 Å². The number of carbonyl (C=O) groups excluding carboxylic acids is 1. The Morgan fingerprint density at radius 2 is 1.71 bits per heavy atom. The van der Waals surface area contributed by atoms with Crippen LogP contribution in [0.2, 0.25) is 5.02 Å². The van der Waals surface area contributed by atoms with Crippen LogP contribution < -0.4 is 0 Å². The first kappa shape index (κ1) is 19.1. The number of benzene rings is 2. The molecule has 1 aliphatic heterocycles. The second kappa shape index (κ2) is 8.86. The third kappa shape index (κ3) is 4.79. The number of hydrogen-bond acceptors (Lipinski definition) is 4. The maximum absolute atomic E-state index is 12.7. The van der Waals surface area contributed by atoms with E-state index in [0.717, 1.165) is 49.0 Å². The van der Waals surface area contributed by atoms with Gasteiger partial charge in [-0.15, -0.1) is 11.3 Å². The molecule has 2 aromatic carbocycles. The quantitative estimate of drug-likeness (QED) is 0.626.